The first-order valence-electron chi connectivity index (χ1n) is 7.86. The number of imidazole rings is 1. The Hall–Kier alpha value is -1.89. The Balaban J connectivity index is 1.74. The molecule has 4 rings (SSSR count). The van der Waals surface area contributed by atoms with Crippen molar-refractivity contribution in [2.45, 2.75) is 36.6 Å². The third-order valence-corrected chi connectivity index (χ3v) is 5.40. The highest BCUT2D eigenvalue weighted by Gasteiger charge is 2.85. The Kier molecular flexibility index (Phi) is 3.65. The van der Waals surface area contributed by atoms with Crippen LogP contribution in [0.5, 0.6) is 0 Å². The van der Waals surface area contributed by atoms with E-state index in [2.05, 4.69) is 19.5 Å². The maximum absolute atomic E-state index is 15.5. The molecule has 12 nitrogen and oxygen atoms in total. The van der Waals surface area contributed by atoms with Crippen molar-refractivity contribution in [3.8, 4) is 0 Å². The van der Waals surface area contributed by atoms with Crippen molar-refractivity contribution in [1.29, 1.82) is 0 Å². The van der Waals surface area contributed by atoms with Crippen molar-refractivity contribution < 1.29 is 33.1 Å². The maximum atomic E-state index is 15.5. The normalized spacial score (nSPS) is 35.4. The van der Waals surface area contributed by atoms with E-state index in [1.54, 1.807) is 19.0 Å². The molecule has 1 saturated heterocycles. The summed E-state index contributed by atoms with van der Waals surface area (Å²) in [6.07, 6.45) is -2.83. The summed E-state index contributed by atoms with van der Waals surface area (Å²) < 4.78 is 37.8. The van der Waals surface area contributed by atoms with Crippen molar-refractivity contribution in [2.24, 2.45) is 0 Å². The van der Waals surface area contributed by atoms with Crippen LogP contribution >= 0.6 is 7.82 Å². The van der Waals surface area contributed by atoms with Crippen LogP contribution in [0.1, 0.15) is 13.2 Å². The van der Waals surface area contributed by atoms with Gasteiger partial charge in [-0.2, -0.15) is 9.97 Å². The van der Waals surface area contributed by atoms with E-state index >= 15 is 4.39 Å². The van der Waals surface area contributed by atoms with Gasteiger partial charge in [0.05, 0.1) is 6.33 Å². The zero-order valence-electron chi connectivity index (χ0n) is 14.5. The highest BCUT2D eigenvalue weighted by molar-refractivity contribution is 7.46. The summed E-state index contributed by atoms with van der Waals surface area (Å²) in [5, 5.41) is 10.6. The number of nitrogen functional groups attached to an aromatic ring is 1. The van der Waals surface area contributed by atoms with Crippen LogP contribution in [0.4, 0.5) is 16.2 Å². The summed E-state index contributed by atoms with van der Waals surface area (Å²) in [5.41, 5.74) is 1.59. The Morgan fingerprint density at radius 2 is 2.11 bits per heavy atom. The molecule has 0 aromatic carbocycles. The van der Waals surface area contributed by atoms with E-state index in [1.807, 2.05) is 0 Å². The van der Waals surface area contributed by atoms with Gasteiger partial charge in [-0.25, -0.2) is 13.9 Å². The summed E-state index contributed by atoms with van der Waals surface area (Å²) in [5.74, 6) is 0.361. The van der Waals surface area contributed by atoms with Gasteiger partial charge in [0.15, 0.2) is 34.5 Å². The standard InChI is InChI=1S/C13H18FN6O6P/c1-12(14)10(25-6-7(13(6,12)21)26-27(22,23)24)20-4-16-5-8(19(2)3)17-11(15)18-9(5)20/h4,6-7,10,21H,1-3H3,(H2,15,17,18)(H2,22,23,24)/t6-,7?,10-,12+,13+/m1/s1. The molecular formula is C13H18FN6O6P. The van der Waals surface area contributed by atoms with Gasteiger partial charge in [-0.15, -0.1) is 0 Å². The first-order chi connectivity index (χ1) is 12.4. The van der Waals surface area contributed by atoms with E-state index < -0.39 is 37.5 Å². The zero-order chi connectivity index (χ0) is 19.9. The smallest absolute Gasteiger partial charge is 0.381 e. The molecule has 2 aromatic rings. The number of nitrogens with two attached hydrogens (primary N) is 1. The fourth-order valence-electron chi connectivity index (χ4n) is 3.52. The molecule has 5 N–H and O–H groups in total. The molecule has 1 aliphatic heterocycles. The van der Waals surface area contributed by atoms with Crippen molar-refractivity contribution in [3.05, 3.63) is 6.33 Å². The highest BCUT2D eigenvalue weighted by Crippen LogP contribution is 2.65. The topological polar surface area (TPSA) is 169 Å². The quantitative estimate of drug-likeness (QED) is 0.476. The second kappa shape index (κ2) is 5.34. The van der Waals surface area contributed by atoms with E-state index in [9.17, 15) is 9.67 Å². The third kappa shape index (κ3) is 2.47. The SMILES string of the molecule is CN(C)c1nc(N)nc2c1ncn2[C@@H]1O[C@@H]2C(OP(=O)(O)O)[C@]2(O)[C@@]1(C)F. The molecule has 0 bridgehead atoms. The number of phosphoric acid groups is 1. The van der Waals surface area contributed by atoms with Crippen LogP contribution in [0.25, 0.3) is 11.2 Å². The summed E-state index contributed by atoms with van der Waals surface area (Å²) >= 11 is 0. The fraction of sp³-hybridized carbons (Fsp3) is 0.615. The number of hydrogen-bond acceptors (Lipinski definition) is 9. The first kappa shape index (κ1) is 18.5. The van der Waals surface area contributed by atoms with Gasteiger partial charge < -0.3 is 30.3 Å². The van der Waals surface area contributed by atoms with Gasteiger partial charge in [-0.3, -0.25) is 9.09 Å². The minimum atomic E-state index is -4.92. The molecule has 0 spiro atoms. The predicted octanol–water partition coefficient (Wildman–Crippen LogP) is -0.677. The van der Waals surface area contributed by atoms with E-state index in [-0.39, 0.29) is 11.6 Å². The highest BCUT2D eigenvalue weighted by atomic mass is 31.2. The Labute approximate surface area is 152 Å². The molecular weight excluding hydrogens is 386 g/mol. The molecule has 27 heavy (non-hydrogen) atoms. The number of anilines is 2. The molecule has 2 aliphatic rings. The monoisotopic (exact) mass is 404 g/mol. The van der Waals surface area contributed by atoms with Crippen molar-refractivity contribution in [3.63, 3.8) is 0 Å². The molecule has 0 radical (unpaired) electrons. The molecule has 1 saturated carbocycles. The van der Waals surface area contributed by atoms with Crippen LogP contribution < -0.4 is 10.6 Å². The van der Waals surface area contributed by atoms with Crippen LogP contribution in [-0.4, -0.2) is 72.0 Å². The molecule has 2 aromatic heterocycles. The van der Waals surface area contributed by atoms with Gasteiger partial charge in [0.25, 0.3) is 0 Å². The second-order valence-electron chi connectivity index (χ2n) is 6.95. The molecule has 0 amide bonds. The van der Waals surface area contributed by atoms with Crippen LogP contribution in [0, 0.1) is 0 Å². The van der Waals surface area contributed by atoms with Crippen LogP contribution in [0.2, 0.25) is 0 Å². The lowest BCUT2D eigenvalue weighted by Crippen LogP contribution is -2.45. The summed E-state index contributed by atoms with van der Waals surface area (Å²) in [6, 6.07) is 0. The molecule has 3 heterocycles. The lowest BCUT2D eigenvalue weighted by Gasteiger charge is -2.30. The van der Waals surface area contributed by atoms with Crippen LogP contribution in [-0.2, 0) is 13.8 Å². The number of alkyl halides is 1. The zero-order valence-corrected chi connectivity index (χ0v) is 15.4. The number of aromatic nitrogens is 4. The molecule has 1 aliphatic carbocycles. The maximum Gasteiger partial charge on any atom is 0.470 e. The van der Waals surface area contributed by atoms with Gasteiger partial charge >= 0.3 is 7.82 Å². The number of ether oxygens (including phenoxy) is 1. The van der Waals surface area contributed by atoms with E-state index in [1.165, 1.54) is 10.9 Å². The van der Waals surface area contributed by atoms with E-state index in [0.29, 0.717) is 11.3 Å². The minimum Gasteiger partial charge on any atom is -0.381 e. The number of nitrogens with zero attached hydrogens (tertiary/aromatic N) is 5. The third-order valence-electron chi connectivity index (χ3n) is 4.90. The second-order valence-corrected chi connectivity index (χ2v) is 8.14. The van der Waals surface area contributed by atoms with Crippen molar-refractivity contribution in [1.82, 2.24) is 19.5 Å². The number of fused-ring (bicyclic) bond motifs is 2. The average molecular weight is 404 g/mol. The van der Waals surface area contributed by atoms with Crippen LogP contribution in [0.15, 0.2) is 6.33 Å². The molecule has 1 unspecified atom stereocenters. The Morgan fingerprint density at radius 1 is 1.44 bits per heavy atom. The molecule has 148 valence electrons. The molecule has 14 heteroatoms. The van der Waals surface area contributed by atoms with Crippen molar-refractivity contribution >= 4 is 30.8 Å². The lowest BCUT2D eigenvalue weighted by atomic mass is 9.97. The summed E-state index contributed by atoms with van der Waals surface area (Å²) in [6.45, 7) is 1.06. The van der Waals surface area contributed by atoms with E-state index in [0.717, 1.165) is 6.92 Å². The number of aliphatic hydroxyl groups is 1. The van der Waals surface area contributed by atoms with Gasteiger partial charge in [0.1, 0.15) is 12.2 Å². The van der Waals surface area contributed by atoms with Gasteiger partial charge in [0, 0.05) is 14.1 Å². The average Bonchev–Trinajstić information content (AvgIpc) is 2.83. The number of phosphoric ester groups is 1. The minimum absolute atomic E-state index is 0.0573. The number of hydrogen-bond donors (Lipinski definition) is 4. The largest absolute Gasteiger partial charge is 0.470 e. The number of rotatable bonds is 4. The Bertz CT molecular complexity index is 978. The molecule has 2 fully saturated rings. The summed E-state index contributed by atoms with van der Waals surface area (Å²) in [4.78, 5) is 31.9. The predicted molar refractivity (Wildman–Crippen MR) is 89.4 cm³/mol. The Morgan fingerprint density at radius 3 is 2.63 bits per heavy atom. The van der Waals surface area contributed by atoms with Gasteiger partial charge in [-0.1, -0.05) is 0 Å². The summed E-state index contributed by atoms with van der Waals surface area (Å²) in [7, 11) is -1.46. The number of halogens is 1. The van der Waals surface area contributed by atoms with Gasteiger partial charge in [0.2, 0.25) is 5.95 Å². The van der Waals surface area contributed by atoms with Crippen LogP contribution in [0.3, 0.4) is 0 Å². The first-order valence-corrected chi connectivity index (χ1v) is 9.39. The lowest BCUT2D eigenvalue weighted by molar-refractivity contribution is -0.112. The fourth-order valence-corrected chi connectivity index (χ4v) is 4.09. The van der Waals surface area contributed by atoms with Crippen molar-refractivity contribution in [2.75, 3.05) is 24.7 Å². The van der Waals surface area contributed by atoms with E-state index in [4.69, 9.17) is 20.3 Å². The van der Waals surface area contributed by atoms with Gasteiger partial charge in [-0.05, 0) is 6.92 Å². The molecule has 5 atom stereocenters.